The van der Waals surface area contributed by atoms with E-state index in [0.717, 1.165) is 27.7 Å². The predicted octanol–water partition coefficient (Wildman–Crippen LogP) is 5.44. The van der Waals surface area contributed by atoms with Gasteiger partial charge in [-0.2, -0.15) is 5.10 Å². The molecule has 4 rings (SSSR count). The number of hydrazone groups is 1. The zero-order valence-corrected chi connectivity index (χ0v) is 22.8. The Morgan fingerprint density at radius 2 is 1.74 bits per heavy atom. The van der Waals surface area contributed by atoms with E-state index < -0.39 is 24.0 Å². The molecule has 0 radical (unpaired) electrons. The third-order valence-electron chi connectivity index (χ3n) is 6.30. The number of aromatic nitrogens is 1. The predicted molar refractivity (Wildman–Crippen MR) is 152 cm³/mol. The van der Waals surface area contributed by atoms with Crippen molar-refractivity contribution in [3.8, 4) is 5.75 Å². The van der Waals surface area contributed by atoms with Gasteiger partial charge >= 0.3 is 0 Å². The van der Waals surface area contributed by atoms with Gasteiger partial charge in [-0.3, -0.25) is 9.59 Å². The number of halogens is 2. The number of nitrogens with one attached hydrogen (secondary N) is 2. The first-order valence-corrected chi connectivity index (χ1v) is 12.8. The summed E-state index contributed by atoms with van der Waals surface area (Å²) in [5.41, 5.74) is 6.48. The van der Waals surface area contributed by atoms with Crippen LogP contribution in [0.15, 0.2) is 77.9 Å². The van der Waals surface area contributed by atoms with Crippen LogP contribution in [0.2, 0.25) is 10.0 Å². The third kappa shape index (κ3) is 6.36. The number of para-hydroxylation sites is 1. The van der Waals surface area contributed by atoms with E-state index >= 15 is 0 Å². The summed E-state index contributed by atoms with van der Waals surface area (Å²) in [6, 6.07) is 21.3. The van der Waals surface area contributed by atoms with Crippen LogP contribution in [-0.4, -0.2) is 34.7 Å². The molecular formula is C29H28Cl2N4O3. The molecule has 0 aliphatic rings. The summed E-state index contributed by atoms with van der Waals surface area (Å²) in [5.74, 6) is -0.605. The lowest BCUT2D eigenvalue weighted by molar-refractivity contribution is -0.132. The summed E-state index contributed by atoms with van der Waals surface area (Å²) in [5, 5.41) is 8.78. The Hall–Kier alpha value is -3.81. The Bertz CT molecular complexity index is 1480. The molecule has 4 aromatic rings. The maximum absolute atomic E-state index is 13.2. The van der Waals surface area contributed by atoms with Crippen LogP contribution >= 0.6 is 23.2 Å². The van der Waals surface area contributed by atoms with E-state index in [1.807, 2.05) is 68.6 Å². The molecule has 3 aromatic carbocycles. The lowest BCUT2D eigenvalue weighted by Gasteiger charge is -2.21. The van der Waals surface area contributed by atoms with Gasteiger partial charge in [0.1, 0.15) is 11.8 Å². The normalized spacial score (nSPS) is 12.9. The number of fused-ring (bicyclic) bond motifs is 1. The first-order valence-electron chi connectivity index (χ1n) is 12.1. The summed E-state index contributed by atoms with van der Waals surface area (Å²) in [7, 11) is 1.99. The van der Waals surface area contributed by atoms with Gasteiger partial charge in [0.2, 0.25) is 0 Å². The van der Waals surface area contributed by atoms with Gasteiger partial charge in [0.05, 0.1) is 11.2 Å². The van der Waals surface area contributed by atoms with Crippen LogP contribution in [0.5, 0.6) is 5.75 Å². The minimum Gasteiger partial charge on any atom is -0.479 e. The average Bonchev–Trinajstić information content (AvgIpc) is 3.15. The van der Waals surface area contributed by atoms with Crippen molar-refractivity contribution in [2.75, 3.05) is 0 Å². The topological polar surface area (TPSA) is 84.7 Å². The molecule has 2 atom stereocenters. The second-order valence-electron chi connectivity index (χ2n) is 8.90. The van der Waals surface area contributed by atoms with Crippen molar-refractivity contribution < 1.29 is 14.3 Å². The molecule has 7 nitrogen and oxygen atoms in total. The van der Waals surface area contributed by atoms with Gasteiger partial charge in [0, 0.05) is 40.7 Å². The molecule has 0 saturated carbocycles. The highest BCUT2D eigenvalue weighted by molar-refractivity contribution is 6.35. The summed E-state index contributed by atoms with van der Waals surface area (Å²) < 4.78 is 7.80. The number of ether oxygens (including phenoxy) is 1. The van der Waals surface area contributed by atoms with Crippen molar-refractivity contribution >= 4 is 52.1 Å². The minimum atomic E-state index is -0.915. The van der Waals surface area contributed by atoms with E-state index in [4.69, 9.17) is 27.9 Å². The Labute approximate surface area is 231 Å². The first-order chi connectivity index (χ1) is 18.2. The van der Waals surface area contributed by atoms with Crippen LogP contribution in [0.4, 0.5) is 0 Å². The van der Waals surface area contributed by atoms with Gasteiger partial charge in [-0.05, 0) is 43.7 Å². The van der Waals surface area contributed by atoms with Gasteiger partial charge < -0.3 is 14.6 Å². The van der Waals surface area contributed by atoms with Crippen LogP contribution in [0.3, 0.4) is 0 Å². The number of hydrogen-bond acceptors (Lipinski definition) is 4. The molecule has 1 aromatic heterocycles. The third-order valence-corrected chi connectivity index (χ3v) is 6.83. The molecule has 38 heavy (non-hydrogen) atoms. The fourth-order valence-electron chi connectivity index (χ4n) is 4.11. The lowest BCUT2D eigenvalue weighted by atomic mass is 10.1. The Balaban J connectivity index is 1.48. The lowest BCUT2D eigenvalue weighted by Crippen LogP contribution is -2.50. The van der Waals surface area contributed by atoms with E-state index in [9.17, 15) is 9.59 Å². The Morgan fingerprint density at radius 3 is 2.47 bits per heavy atom. The highest BCUT2D eigenvalue weighted by Crippen LogP contribution is 2.28. The number of aryl methyl sites for hydroxylation is 1. The van der Waals surface area contributed by atoms with Crippen molar-refractivity contribution in [1.29, 1.82) is 0 Å². The van der Waals surface area contributed by atoms with Crippen LogP contribution in [0, 0.1) is 6.92 Å². The molecule has 9 heteroatoms. The molecule has 196 valence electrons. The molecule has 0 bridgehead atoms. The van der Waals surface area contributed by atoms with Crippen molar-refractivity contribution in [2.45, 2.75) is 32.4 Å². The van der Waals surface area contributed by atoms with Gasteiger partial charge in [0.25, 0.3) is 11.8 Å². The maximum Gasteiger partial charge on any atom is 0.262 e. The molecule has 0 aliphatic heterocycles. The molecule has 0 saturated heterocycles. The van der Waals surface area contributed by atoms with Crippen LogP contribution < -0.4 is 15.5 Å². The standard InChI is InChI=1S/C29H28Cl2N4O3/c1-18-23(22-11-7-8-12-26(22)35(18)3)17-32-34-29(37)25(15-20-9-5-4-6-10-20)33-28(36)19(2)38-27-14-13-21(30)16-24(27)31/h4-14,16-17,19,25H,15H2,1-3H3,(H,33,36)(H,34,37)/b32-17-/t19-,25-/m1/s1. The largest absolute Gasteiger partial charge is 0.479 e. The zero-order valence-electron chi connectivity index (χ0n) is 21.2. The SMILES string of the molecule is Cc1c(/C=N\NC(=O)[C@@H](Cc2ccccc2)NC(=O)[C@@H](C)Oc2ccc(Cl)cc2Cl)c2ccccc2n1C. The van der Waals surface area contributed by atoms with E-state index in [1.54, 1.807) is 25.3 Å². The maximum atomic E-state index is 13.2. The number of benzene rings is 3. The highest BCUT2D eigenvalue weighted by atomic mass is 35.5. The van der Waals surface area contributed by atoms with E-state index in [2.05, 4.69) is 20.4 Å². The summed E-state index contributed by atoms with van der Waals surface area (Å²) in [6.07, 6.45) is 0.988. The van der Waals surface area contributed by atoms with E-state index in [1.165, 1.54) is 6.07 Å². The van der Waals surface area contributed by atoms with Gasteiger partial charge in [0.15, 0.2) is 6.10 Å². The number of carbonyl (C=O) groups is 2. The first kappa shape index (κ1) is 27.2. The average molecular weight is 551 g/mol. The second-order valence-corrected chi connectivity index (χ2v) is 9.74. The molecule has 2 N–H and O–H groups in total. The van der Waals surface area contributed by atoms with Crippen LogP contribution in [0.1, 0.15) is 23.7 Å². The number of carbonyl (C=O) groups excluding carboxylic acids is 2. The van der Waals surface area contributed by atoms with Crippen LogP contribution in [-0.2, 0) is 23.1 Å². The molecule has 0 fully saturated rings. The van der Waals surface area contributed by atoms with Gasteiger partial charge in [-0.15, -0.1) is 0 Å². The molecule has 0 spiro atoms. The van der Waals surface area contributed by atoms with E-state index in [0.29, 0.717) is 10.8 Å². The molecule has 0 unspecified atom stereocenters. The van der Waals surface area contributed by atoms with Crippen molar-refractivity contribution in [2.24, 2.45) is 12.1 Å². The molecular weight excluding hydrogens is 523 g/mol. The molecule has 1 heterocycles. The fourth-order valence-corrected chi connectivity index (χ4v) is 4.57. The Morgan fingerprint density at radius 1 is 1.03 bits per heavy atom. The highest BCUT2D eigenvalue weighted by Gasteiger charge is 2.25. The quantitative estimate of drug-likeness (QED) is 0.215. The summed E-state index contributed by atoms with van der Waals surface area (Å²) in [4.78, 5) is 26.2. The summed E-state index contributed by atoms with van der Waals surface area (Å²) in [6.45, 7) is 3.58. The van der Waals surface area contributed by atoms with Gasteiger partial charge in [-0.1, -0.05) is 71.7 Å². The minimum absolute atomic E-state index is 0.273. The van der Waals surface area contributed by atoms with Crippen molar-refractivity contribution in [1.82, 2.24) is 15.3 Å². The Kier molecular flexibility index (Phi) is 8.71. The van der Waals surface area contributed by atoms with Gasteiger partial charge in [-0.25, -0.2) is 5.43 Å². The fraction of sp³-hybridized carbons (Fsp3) is 0.207. The number of nitrogens with zero attached hydrogens (tertiary/aromatic N) is 2. The zero-order chi connectivity index (χ0) is 27.2. The second kappa shape index (κ2) is 12.2. The van der Waals surface area contributed by atoms with Crippen molar-refractivity contribution in [3.05, 3.63) is 99.7 Å². The summed E-state index contributed by atoms with van der Waals surface area (Å²) >= 11 is 12.1. The number of rotatable bonds is 9. The van der Waals surface area contributed by atoms with Crippen molar-refractivity contribution in [3.63, 3.8) is 0 Å². The number of amides is 2. The van der Waals surface area contributed by atoms with E-state index in [-0.39, 0.29) is 11.4 Å². The number of hydrogen-bond donors (Lipinski definition) is 2. The molecule has 0 aliphatic carbocycles. The van der Waals surface area contributed by atoms with Crippen LogP contribution in [0.25, 0.3) is 10.9 Å². The molecule has 2 amide bonds. The smallest absolute Gasteiger partial charge is 0.262 e. The monoisotopic (exact) mass is 550 g/mol.